The van der Waals surface area contributed by atoms with Crippen LogP contribution in [0.2, 0.25) is 5.22 Å². The Labute approximate surface area is 87.1 Å². The largest absolute Gasteiger partial charge is 0.440 e. The van der Waals surface area contributed by atoms with Crippen LogP contribution >= 0.6 is 11.6 Å². The van der Waals surface area contributed by atoms with E-state index in [1.165, 1.54) is 17.0 Å². The van der Waals surface area contributed by atoms with Crippen molar-refractivity contribution in [3.8, 4) is 0 Å². The van der Waals surface area contributed by atoms with E-state index in [4.69, 9.17) is 21.1 Å². The second-order valence-corrected chi connectivity index (χ2v) is 3.51. The molecule has 0 spiro atoms. The number of furan rings is 1. The zero-order valence-electron chi connectivity index (χ0n) is 8.03. The van der Waals surface area contributed by atoms with E-state index in [1.807, 2.05) is 0 Å². The van der Waals surface area contributed by atoms with Crippen LogP contribution in [-0.2, 0) is 0 Å². The van der Waals surface area contributed by atoms with Gasteiger partial charge in [-0.2, -0.15) is 0 Å². The van der Waals surface area contributed by atoms with Gasteiger partial charge in [-0.05, 0) is 30.7 Å². The first kappa shape index (κ1) is 11.1. The summed E-state index contributed by atoms with van der Waals surface area (Å²) in [5.41, 5.74) is 0. The van der Waals surface area contributed by atoms with E-state index in [1.54, 1.807) is 14.0 Å². The van der Waals surface area contributed by atoms with E-state index in [2.05, 4.69) is 0 Å². The molecule has 1 heterocycles. The van der Waals surface area contributed by atoms with E-state index in [9.17, 15) is 4.79 Å². The highest BCUT2D eigenvalue weighted by molar-refractivity contribution is 6.29. The molecule has 0 aromatic carbocycles. The summed E-state index contributed by atoms with van der Waals surface area (Å²) < 4.78 is 4.94. The van der Waals surface area contributed by atoms with Gasteiger partial charge in [0.2, 0.25) is 0 Å². The Hall–Kier alpha value is -1.00. The van der Waals surface area contributed by atoms with Gasteiger partial charge in [0, 0.05) is 13.6 Å². The molecule has 0 aliphatic rings. The van der Waals surface area contributed by atoms with Crippen LogP contribution in [0.3, 0.4) is 0 Å². The quantitative estimate of drug-likeness (QED) is 0.833. The number of amides is 1. The summed E-state index contributed by atoms with van der Waals surface area (Å²) in [6, 6.07) is 3.01. The van der Waals surface area contributed by atoms with Crippen LogP contribution in [0, 0.1) is 0 Å². The lowest BCUT2D eigenvalue weighted by atomic mass is 10.3. The van der Waals surface area contributed by atoms with Crippen molar-refractivity contribution in [2.45, 2.75) is 13.0 Å². The molecule has 1 amide bonds. The third-order valence-electron chi connectivity index (χ3n) is 1.67. The Bertz CT molecular complexity index is 322. The van der Waals surface area contributed by atoms with Crippen LogP contribution in [0.25, 0.3) is 0 Å². The predicted molar refractivity (Wildman–Crippen MR) is 52.4 cm³/mol. The Balaban J connectivity index is 2.65. The molecule has 1 aromatic heterocycles. The molecular formula is C9H12ClNO3. The van der Waals surface area contributed by atoms with Crippen molar-refractivity contribution in [2.75, 3.05) is 13.6 Å². The van der Waals surface area contributed by atoms with Crippen molar-refractivity contribution in [3.05, 3.63) is 23.1 Å². The zero-order valence-corrected chi connectivity index (χ0v) is 8.78. The normalized spacial score (nSPS) is 12.6. The first-order valence-corrected chi connectivity index (χ1v) is 4.57. The fourth-order valence-electron chi connectivity index (χ4n) is 1.10. The molecule has 1 N–H and O–H groups in total. The third-order valence-corrected chi connectivity index (χ3v) is 1.87. The molecule has 1 atom stereocenters. The van der Waals surface area contributed by atoms with Crippen LogP contribution in [0.5, 0.6) is 0 Å². The Morgan fingerprint density at radius 1 is 1.71 bits per heavy atom. The number of likely N-dealkylation sites (N-methyl/N-ethyl adjacent to an activating group) is 1. The van der Waals surface area contributed by atoms with Gasteiger partial charge in [-0.15, -0.1) is 0 Å². The molecule has 14 heavy (non-hydrogen) atoms. The van der Waals surface area contributed by atoms with Gasteiger partial charge in [0.15, 0.2) is 11.0 Å². The predicted octanol–water partition coefficient (Wildman–Crippen LogP) is 1.39. The number of nitrogens with zero attached hydrogens (tertiary/aromatic N) is 1. The number of aliphatic hydroxyl groups excluding tert-OH is 1. The van der Waals surface area contributed by atoms with Crippen molar-refractivity contribution < 1.29 is 14.3 Å². The van der Waals surface area contributed by atoms with Gasteiger partial charge < -0.3 is 14.4 Å². The van der Waals surface area contributed by atoms with Gasteiger partial charge in [0.05, 0.1) is 6.10 Å². The summed E-state index contributed by atoms with van der Waals surface area (Å²) in [4.78, 5) is 12.9. The number of hydrogen-bond acceptors (Lipinski definition) is 3. The lowest BCUT2D eigenvalue weighted by molar-refractivity contribution is 0.0674. The molecule has 0 aliphatic carbocycles. The average Bonchev–Trinajstić information content (AvgIpc) is 2.49. The Morgan fingerprint density at radius 2 is 2.36 bits per heavy atom. The van der Waals surface area contributed by atoms with Gasteiger partial charge >= 0.3 is 0 Å². The third kappa shape index (κ3) is 2.75. The molecule has 0 bridgehead atoms. The van der Waals surface area contributed by atoms with E-state index in [-0.39, 0.29) is 23.4 Å². The lowest BCUT2D eigenvalue weighted by Gasteiger charge is -2.16. The summed E-state index contributed by atoms with van der Waals surface area (Å²) >= 11 is 5.53. The van der Waals surface area contributed by atoms with Crippen molar-refractivity contribution in [1.82, 2.24) is 4.90 Å². The summed E-state index contributed by atoms with van der Waals surface area (Å²) in [5.74, 6) is -0.115. The maximum Gasteiger partial charge on any atom is 0.289 e. The van der Waals surface area contributed by atoms with E-state index in [0.717, 1.165) is 0 Å². The molecule has 5 heteroatoms. The molecule has 1 rings (SSSR count). The highest BCUT2D eigenvalue weighted by Gasteiger charge is 2.16. The maximum atomic E-state index is 11.6. The van der Waals surface area contributed by atoms with Gasteiger partial charge in [0.1, 0.15) is 0 Å². The molecule has 4 nitrogen and oxygen atoms in total. The van der Waals surface area contributed by atoms with Gasteiger partial charge in [-0.25, -0.2) is 0 Å². The second kappa shape index (κ2) is 4.48. The average molecular weight is 218 g/mol. The molecule has 1 aromatic rings. The second-order valence-electron chi connectivity index (χ2n) is 3.14. The van der Waals surface area contributed by atoms with Gasteiger partial charge in [-0.3, -0.25) is 4.79 Å². The SMILES string of the molecule is CC(O)CN(C)C(=O)c1ccc(Cl)o1. The number of carbonyl (C=O) groups is 1. The minimum atomic E-state index is -0.561. The van der Waals surface area contributed by atoms with Crippen LogP contribution in [0.15, 0.2) is 16.5 Å². The molecule has 0 radical (unpaired) electrons. The number of halogens is 1. The molecule has 0 fully saturated rings. The van der Waals surface area contributed by atoms with E-state index < -0.39 is 6.10 Å². The van der Waals surface area contributed by atoms with Crippen molar-refractivity contribution in [2.24, 2.45) is 0 Å². The molecule has 0 saturated carbocycles. The molecular weight excluding hydrogens is 206 g/mol. The number of hydrogen-bond donors (Lipinski definition) is 1. The lowest BCUT2D eigenvalue weighted by Crippen LogP contribution is -2.32. The Morgan fingerprint density at radius 3 is 2.79 bits per heavy atom. The van der Waals surface area contributed by atoms with E-state index >= 15 is 0 Å². The van der Waals surface area contributed by atoms with Crippen molar-refractivity contribution >= 4 is 17.5 Å². The standard InChI is InChI=1S/C9H12ClNO3/c1-6(12)5-11(2)9(13)7-3-4-8(10)14-7/h3-4,6,12H,5H2,1-2H3. The van der Waals surface area contributed by atoms with Crippen molar-refractivity contribution in [3.63, 3.8) is 0 Å². The number of aliphatic hydroxyl groups is 1. The summed E-state index contributed by atoms with van der Waals surface area (Å²) in [6.45, 7) is 1.87. The molecule has 1 unspecified atom stereocenters. The van der Waals surface area contributed by atoms with Crippen LogP contribution < -0.4 is 0 Å². The van der Waals surface area contributed by atoms with E-state index in [0.29, 0.717) is 0 Å². The van der Waals surface area contributed by atoms with Gasteiger partial charge in [0.25, 0.3) is 5.91 Å². The van der Waals surface area contributed by atoms with Crippen molar-refractivity contribution in [1.29, 1.82) is 0 Å². The molecule has 78 valence electrons. The minimum absolute atomic E-state index is 0.179. The highest BCUT2D eigenvalue weighted by Crippen LogP contribution is 2.14. The number of carbonyl (C=O) groups excluding carboxylic acids is 1. The summed E-state index contributed by atoms with van der Waals surface area (Å²) in [6.07, 6.45) is -0.561. The number of rotatable bonds is 3. The molecule has 0 aliphatic heterocycles. The fraction of sp³-hybridized carbons (Fsp3) is 0.444. The monoisotopic (exact) mass is 217 g/mol. The zero-order chi connectivity index (χ0) is 10.7. The maximum absolute atomic E-state index is 11.6. The molecule has 0 saturated heterocycles. The first-order chi connectivity index (χ1) is 6.50. The Kier molecular flexibility index (Phi) is 3.55. The summed E-state index contributed by atoms with van der Waals surface area (Å²) in [5, 5.41) is 9.25. The topological polar surface area (TPSA) is 53.7 Å². The van der Waals surface area contributed by atoms with Gasteiger partial charge in [-0.1, -0.05) is 0 Å². The van der Waals surface area contributed by atoms with Crippen LogP contribution in [-0.4, -0.2) is 35.6 Å². The highest BCUT2D eigenvalue weighted by atomic mass is 35.5. The van der Waals surface area contributed by atoms with Crippen LogP contribution in [0.1, 0.15) is 17.5 Å². The smallest absolute Gasteiger partial charge is 0.289 e. The summed E-state index contributed by atoms with van der Waals surface area (Å²) in [7, 11) is 1.59. The minimum Gasteiger partial charge on any atom is -0.440 e. The van der Waals surface area contributed by atoms with Crippen LogP contribution in [0.4, 0.5) is 0 Å². The fourth-order valence-corrected chi connectivity index (χ4v) is 1.24. The first-order valence-electron chi connectivity index (χ1n) is 4.19.